The van der Waals surface area contributed by atoms with Crippen molar-refractivity contribution < 1.29 is 34.3 Å². The molecular weight excluding hydrogens is 402 g/mol. The summed E-state index contributed by atoms with van der Waals surface area (Å²) in [5.74, 6) is 0.962. The summed E-state index contributed by atoms with van der Waals surface area (Å²) in [4.78, 5) is 14.7. The van der Waals surface area contributed by atoms with Gasteiger partial charge in [0.15, 0.2) is 17.3 Å². The second-order valence-corrected chi connectivity index (χ2v) is 7.00. The maximum absolute atomic E-state index is 12.8. The third-order valence-corrected chi connectivity index (χ3v) is 4.94. The van der Waals surface area contributed by atoms with Crippen LogP contribution >= 0.6 is 0 Å². The Hall–Kier alpha value is -2.65. The number of Topliss-reactive ketones (excluding diaryl/α,β-unsaturated/α-hetero) is 1. The van der Waals surface area contributed by atoms with Crippen molar-refractivity contribution >= 4 is 5.78 Å². The Bertz CT molecular complexity index is 850. The predicted octanol–water partition coefficient (Wildman–Crippen LogP) is 1.59. The number of carbonyl (C=O) groups is 1. The fourth-order valence-corrected chi connectivity index (χ4v) is 3.16. The molecule has 2 aromatic rings. The zero-order valence-corrected chi connectivity index (χ0v) is 18.2. The Labute approximate surface area is 182 Å². The van der Waals surface area contributed by atoms with E-state index in [9.17, 15) is 9.90 Å². The summed E-state index contributed by atoms with van der Waals surface area (Å²) in [5.41, 5.74) is 1.64. The molecular formula is C23H31NO7. The van der Waals surface area contributed by atoms with Gasteiger partial charge in [-0.1, -0.05) is 12.1 Å². The quantitative estimate of drug-likeness (QED) is 0.409. The van der Waals surface area contributed by atoms with Crippen LogP contribution in [0.25, 0.3) is 0 Å². The van der Waals surface area contributed by atoms with Gasteiger partial charge >= 0.3 is 0 Å². The first-order chi connectivity index (χ1) is 14.9. The highest BCUT2D eigenvalue weighted by atomic mass is 16.5. The lowest BCUT2D eigenvalue weighted by Crippen LogP contribution is -2.33. The van der Waals surface area contributed by atoms with Gasteiger partial charge in [0, 0.05) is 25.2 Å². The van der Waals surface area contributed by atoms with E-state index in [1.165, 1.54) is 20.3 Å². The number of hydrogen-bond acceptors (Lipinski definition) is 8. The van der Waals surface area contributed by atoms with Crippen LogP contribution in [0.5, 0.6) is 17.2 Å². The van der Waals surface area contributed by atoms with Crippen LogP contribution in [0.2, 0.25) is 0 Å². The molecule has 2 aromatic carbocycles. The summed E-state index contributed by atoms with van der Waals surface area (Å²) in [5, 5.41) is 28.7. The number of methoxy groups -OCH3 is 2. The standard InChI is InChI=1S/C23H31NO7/c1-16-4-5-17(14-20(16)29-2)22(27)23(28)18-6-7-19(21(15-18)30-3)31-13-10-24(8-11-25)9-12-26/h4-7,14-15,22,25-27H,8-13H2,1-3H3. The van der Waals surface area contributed by atoms with Crippen molar-refractivity contribution in [3.8, 4) is 17.2 Å². The normalized spacial score (nSPS) is 12.0. The van der Waals surface area contributed by atoms with Gasteiger partial charge in [-0.2, -0.15) is 0 Å². The van der Waals surface area contributed by atoms with Gasteiger partial charge in [0.1, 0.15) is 18.5 Å². The molecule has 31 heavy (non-hydrogen) atoms. The third kappa shape index (κ3) is 6.67. The van der Waals surface area contributed by atoms with Crippen LogP contribution in [0.3, 0.4) is 0 Å². The number of carbonyl (C=O) groups excluding carboxylic acids is 1. The minimum Gasteiger partial charge on any atom is -0.496 e. The number of rotatable bonds is 13. The predicted molar refractivity (Wildman–Crippen MR) is 116 cm³/mol. The summed E-state index contributed by atoms with van der Waals surface area (Å²) in [6.07, 6.45) is -1.34. The Morgan fingerprint density at radius 1 is 0.935 bits per heavy atom. The van der Waals surface area contributed by atoms with Crippen LogP contribution in [0.4, 0.5) is 0 Å². The van der Waals surface area contributed by atoms with E-state index in [1.807, 2.05) is 11.8 Å². The summed E-state index contributed by atoms with van der Waals surface area (Å²) in [6.45, 7) is 3.58. The highest BCUT2D eigenvalue weighted by molar-refractivity contribution is 6.00. The van der Waals surface area contributed by atoms with Crippen molar-refractivity contribution in [2.45, 2.75) is 13.0 Å². The monoisotopic (exact) mass is 433 g/mol. The van der Waals surface area contributed by atoms with E-state index in [0.29, 0.717) is 54.6 Å². The molecule has 0 spiro atoms. The van der Waals surface area contributed by atoms with Crippen LogP contribution < -0.4 is 14.2 Å². The second kappa shape index (κ2) is 12.3. The molecule has 0 aliphatic carbocycles. The smallest absolute Gasteiger partial charge is 0.195 e. The van der Waals surface area contributed by atoms with E-state index in [2.05, 4.69) is 0 Å². The minimum atomic E-state index is -1.34. The molecule has 0 aliphatic heterocycles. The number of aryl methyl sites for hydroxylation is 1. The van der Waals surface area contributed by atoms with E-state index in [4.69, 9.17) is 24.4 Å². The number of aliphatic hydroxyl groups excluding tert-OH is 3. The van der Waals surface area contributed by atoms with Crippen molar-refractivity contribution in [2.24, 2.45) is 0 Å². The van der Waals surface area contributed by atoms with E-state index in [0.717, 1.165) is 5.56 Å². The molecule has 0 radical (unpaired) electrons. The number of ether oxygens (including phenoxy) is 3. The maximum Gasteiger partial charge on any atom is 0.195 e. The molecule has 0 saturated carbocycles. The van der Waals surface area contributed by atoms with Gasteiger partial charge < -0.3 is 29.5 Å². The van der Waals surface area contributed by atoms with E-state index in [-0.39, 0.29) is 13.2 Å². The van der Waals surface area contributed by atoms with E-state index in [1.54, 1.807) is 30.3 Å². The summed E-state index contributed by atoms with van der Waals surface area (Å²) >= 11 is 0. The second-order valence-electron chi connectivity index (χ2n) is 7.00. The van der Waals surface area contributed by atoms with Crippen LogP contribution in [-0.4, -0.2) is 79.7 Å². The van der Waals surface area contributed by atoms with Gasteiger partial charge in [0.25, 0.3) is 0 Å². The van der Waals surface area contributed by atoms with Crippen molar-refractivity contribution in [2.75, 3.05) is 53.7 Å². The minimum absolute atomic E-state index is 0.00465. The molecule has 0 aromatic heterocycles. The first-order valence-corrected chi connectivity index (χ1v) is 10.1. The van der Waals surface area contributed by atoms with Gasteiger partial charge in [-0.25, -0.2) is 0 Å². The van der Waals surface area contributed by atoms with Crippen LogP contribution in [0, 0.1) is 6.92 Å². The molecule has 0 heterocycles. The average molecular weight is 434 g/mol. The lowest BCUT2D eigenvalue weighted by atomic mass is 9.98. The van der Waals surface area contributed by atoms with Crippen LogP contribution in [0.1, 0.15) is 27.6 Å². The SMILES string of the molecule is COc1cc(C(O)C(=O)c2ccc(OCCN(CCO)CCO)c(OC)c2)ccc1C. The molecule has 2 rings (SSSR count). The maximum atomic E-state index is 12.8. The summed E-state index contributed by atoms with van der Waals surface area (Å²) in [7, 11) is 3.01. The molecule has 0 aliphatic rings. The molecule has 0 bridgehead atoms. The van der Waals surface area contributed by atoms with E-state index >= 15 is 0 Å². The lowest BCUT2D eigenvalue weighted by Gasteiger charge is -2.20. The van der Waals surface area contributed by atoms with Crippen molar-refractivity contribution in [3.05, 3.63) is 53.1 Å². The number of nitrogens with zero attached hydrogens (tertiary/aromatic N) is 1. The molecule has 8 heteroatoms. The number of ketones is 1. The van der Waals surface area contributed by atoms with Gasteiger partial charge in [-0.3, -0.25) is 9.69 Å². The molecule has 0 fully saturated rings. The lowest BCUT2D eigenvalue weighted by molar-refractivity contribution is 0.0746. The Kier molecular flexibility index (Phi) is 9.74. The Balaban J connectivity index is 2.10. The molecule has 1 unspecified atom stereocenters. The highest BCUT2D eigenvalue weighted by Crippen LogP contribution is 2.31. The van der Waals surface area contributed by atoms with E-state index < -0.39 is 11.9 Å². The molecule has 0 saturated heterocycles. The van der Waals surface area contributed by atoms with Gasteiger partial charge in [-0.05, 0) is 42.3 Å². The molecule has 8 nitrogen and oxygen atoms in total. The summed E-state index contributed by atoms with van der Waals surface area (Å²) < 4.78 is 16.4. The first kappa shape index (κ1) is 24.6. The van der Waals surface area contributed by atoms with Crippen molar-refractivity contribution in [1.82, 2.24) is 4.90 Å². The molecule has 0 amide bonds. The summed E-state index contributed by atoms with van der Waals surface area (Å²) in [6, 6.07) is 9.87. The number of aliphatic hydroxyl groups is 3. The Morgan fingerprint density at radius 3 is 2.23 bits per heavy atom. The van der Waals surface area contributed by atoms with Gasteiger partial charge in [0.2, 0.25) is 0 Å². The van der Waals surface area contributed by atoms with Crippen molar-refractivity contribution in [3.63, 3.8) is 0 Å². The zero-order chi connectivity index (χ0) is 22.8. The molecule has 1 atom stereocenters. The number of hydrogen-bond donors (Lipinski definition) is 3. The topological polar surface area (TPSA) is 109 Å². The fourth-order valence-electron chi connectivity index (χ4n) is 3.16. The fraction of sp³-hybridized carbons (Fsp3) is 0.435. The first-order valence-electron chi connectivity index (χ1n) is 10.1. The van der Waals surface area contributed by atoms with Crippen molar-refractivity contribution in [1.29, 1.82) is 0 Å². The highest BCUT2D eigenvalue weighted by Gasteiger charge is 2.22. The van der Waals surface area contributed by atoms with Crippen LogP contribution in [0.15, 0.2) is 36.4 Å². The molecule has 170 valence electrons. The van der Waals surface area contributed by atoms with Gasteiger partial charge in [0.05, 0.1) is 27.4 Å². The average Bonchev–Trinajstić information content (AvgIpc) is 2.78. The van der Waals surface area contributed by atoms with Crippen LogP contribution in [-0.2, 0) is 0 Å². The largest absolute Gasteiger partial charge is 0.496 e. The molecule has 3 N–H and O–H groups in total. The zero-order valence-electron chi connectivity index (χ0n) is 18.2. The number of benzene rings is 2. The Morgan fingerprint density at radius 2 is 1.61 bits per heavy atom. The van der Waals surface area contributed by atoms with Gasteiger partial charge in [-0.15, -0.1) is 0 Å². The third-order valence-electron chi connectivity index (χ3n) is 4.94.